The van der Waals surface area contributed by atoms with Crippen molar-refractivity contribution in [1.29, 1.82) is 0 Å². The monoisotopic (exact) mass is 196 g/mol. The summed E-state index contributed by atoms with van der Waals surface area (Å²) < 4.78 is 0. The van der Waals surface area contributed by atoms with Crippen LogP contribution in [0.15, 0.2) is 0 Å². The van der Waals surface area contributed by atoms with Crippen LogP contribution in [0.4, 0.5) is 0 Å². The first-order valence-electron chi connectivity index (χ1n) is 3.47. The van der Waals surface area contributed by atoms with Crippen LogP contribution in [-0.4, -0.2) is 67.6 Å². The number of aliphatic carboxylic acids is 1. The van der Waals surface area contributed by atoms with E-state index in [0.717, 1.165) is 0 Å². The molecule has 0 heterocycles. The lowest BCUT2D eigenvalue weighted by Gasteiger charge is -2.23. The molecule has 0 aromatic heterocycles. The molecule has 13 heavy (non-hydrogen) atoms. The molecule has 0 aliphatic carbocycles. The number of rotatable bonds is 5. The van der Waals surface area contributed by atoms with Gasteiger partial charge < -0.3 is 30.6 Å². The van der Waals surface area contributed by atoms with Gasteiger partial charge in [-0.25, -0.2) is 4.79 Å². The Labute approximate surface area is 73.5 Å². The summed E-state index contributed by atoms with van der Waals surface area (Å²) in [4.78, 5) is 10.1. The van der Waals surface area contributed by atoms with Crippen molar-refractivity contribution in [2.45, 2.75) is 24.4 Å². The molecule has 0 rings (SSSR count). The van der Waals surface area contributed by atoms with Crippen LogP contribution in [0.3, 0.4) is 0 Å². The topological polar surface area (TPSA) is 138 Å². The lowest BCUT2D eigenvalue weighted by Crippen LogP contribution is -2.48. The van der Waals surface area contributed by atoms with Crippen molar-refractivity contribution >= 4 is 5.97 Å². The van der Waals surface area contributed by atoms with E-state index in [1.165, 1.54) is 0 Å². The normalized spacial score (nSPS) is 20.4. The Kier molecular flexibility index (Phi) is 4.81. The molecule has 0 saturated carbocycles. The zero-order valence-corrected chi connectivity index (χ0v) is 6.61. The van der Waals surface area contributed by atoms with Gasteiger partial charge in [-0.15, -0.1) is 0 Å². The predicted octanol–water partition coefficient (Wildman–Crippen LogP) is -3.49. The Morgan fingerprint density at radius 1 is 1.08 bits per heavy atom. The van der Waals surface area contributed by atoms with Gasteiger partial charge in [-0.2, -0.15) is 0 Å². The molecule has 7 heteroatoms. The van der Waals surface area contributed by atoms with Crippen LogP contribution in [0.2, 0.25) is 0 Å². The molecule has 0 spiro atoms. The highest BCUT2D eigenvalue weighted by atomic mass is 16.4. The van der Waals surface area contributed by atoms with Gasteiger partial charge in [0.1, 0.15) is 18.3 Å². The highest BCUT2D eigenvalue weighted by Crippen LogP contribution is 2.04. The molecule has 0 aromatic rings. The SMILES string of the molecule is O=C(O)[C@H](O)[C@@H](O)C(O)[C@H](O)CO. The highest BCUT2D eigenvalue weighted by molar-refractivity contribution is 5.72. The molecule has 0 bridgehead atoms. The minimum atomic E-state index is -2.20. The van der Waals surface area contributed by atoms with E-state index in [4.69, 9.17) is 30.6 Å². The third-order valence-electron chi connectivity index (χ3n) is 1.51. The van der Waals surface area contributed by atoms with Gasteiger partial charge in [-0.05, 0) is 0 Å². The number of hydrogen-bond donors (Lipinski definition) is 6. The molecule has 0 fully saturated rings. The zero-order valence-electron chi connectivity index (χ0n) is 6.61. The van der Waals surface area contributed by atoms with E-state index in [2.05, 4.69) is 0 Å². The average Bonchev–Trinajstić information content (AvgIpc) is 2.12. The molecule has 0 radical (unpaired) electrons. The standard InChI is InChI=1S/C6H12O7/c7-1-2(8)3(9)4(10)5(11)6(12)13/h2-5,7-11H,1H2,(H,12,13)/t2-,3?,4+,5-/m1/s1. The maximum Gasteiger partial charge on any atom is 0.335 e. The molecule has 0 aromatic carbocycles. The van der Waals surface area contributed by atoms with Gasteiger partial charge in [0.2, 0.25) is 0 Å². The van der Waals surface area contributed by atoms with E-state index >= 15 is 0 Å². The molecule has 7 nitrogen and oxygen atoms in total. The predicted molar refractivity (Wildman–Crippen MR) is 38.7 cm³/mol. The van der Waals surface area contributed by atoms with Crippen molar-refractivity contribution in [3.63, 3.8) is 0 Å². The number of aliphatic hydroxyl groups excluding tert-OH is 5. The number of carbonyl (C=O) groups is 1. The number of carboxylic acid groups (broad SMARTS) is 1. The van der Waals surface area contributed by atoms with Crippen molar-refractivity contribution in [1.82, 2.24) is 0 Å². The molecule has 6 N–H and O–H groups in total. The molecular formula is C6H12O7. The maximum absolute atomic E-state index is 10.1. The molecule has 1 unspecified atom stereocenters. The summed E-state index contributed by atoms with van der Waals surface area (Å²) in [6.45, 7) is -0.843. The van der Waals surface area contributed by atoms with Crippen molar-refractivity contribution < 1.29 is 35.4 Å². The van der Waals surface area contributed by atoms with Crippen molar-refractivity contribution in [3.8, 4) is 0 Å². The molecule has 0 saturated heterocycles. The van der Waals surface area contributed by atoms with Crippen molar-refractivity contribution in [2.75, 3.05) is 6.61 Å². The average molecular weight is 196 g/mol. The lowest BCUT2D eigenvalue weighted by atomic mass is 10.0. The minimum absolute atomic E-state index is 0.843. The molecular weight excluding hydrogens is 184 g/mol. The van der Waals surface area contributed by atoms with Crippen LogP contribution in [0.1, 0.15) is 0 Å². The second-order valence-corrected chi connectivity index (χ2v) is 2.51. The van der Waals surface area contributed by atoms with E-state index in [1.807, 2.05) is 0 Å². The van der Waals surface area contributed by atoms with Crippen LogP contribution in [0, 0.1) is 0 Å². The van der Waals surface area contributed by atoms with E-state index in [1.54, 1.807) is 0 Å². The second kappa shape index (κ2) is 5.10. The number of hydrogen-bond acceptors (Lipinski definition) is 6. The second-order valence-electron chi connectivity index (χ2n) is 2.51. The zero-order chi connectivity index (χ0) is 10.6. The Morgan fingerprint density at radius 3 is 1.85 bits per heavy atom. The lowest BCUT2D eigenvalue weighted by molar-refractivity contribution is -0.164. The van der Waals surface area contributed by atoms with Crippen LogP contribution >= 0.6 is 0 Å². The highest BCUT2D eigenvalue weighted by Gasteiger charge is 2.33. The van der Waals surface area contributed by atoms with Crippen LogP contribution < -0.4 is 0 Å². The van der Waals surface area contributed by atoms with Gasteiger partial charge in [0, 0.05) is 0 Å². The Balaban J connectivity index is 4.24. The first-order chi connectivity index (χ1) is 5.91. The van der Waals surface area contributed by atoms with Crippen LogP contribution in [0.5, 0.6) is 0 Å². The maximum atomic E-state index is 10.1. The Morgan fingerprint density at radius 2 is 1.54 bits per heavy atom. The quantitative estimate of drug-likeness (QED) is 0.268. The van der Waals surface area contributed by atoms with Gasteiger partial charge >= 0.3 is 5.97 Å². The summed E-state index contributed by atoms with van der Waals surface area (Å²) in [5.41, 5.74) is 0. The molecule has 0 amide bonds. The summed E-state index contributed by atoms with van der Waals surface area (Å²) in [6.07, 6.45) is -7.84. The number of aliphatic hydroxyl groups is 5. The first kappa shape index (κ1) is 12.3. The van der Waals surface area contributed by atoms with E-state index in [-0.39, 0.29) is 0 Å². The van der Waals surface area contributed by atoms with Gasteiger partial charge in [0.25, 0.3) is 0 Å². The summed E-state index contributed by atoms with van der Waals surface area (Å²) in [5, 5.41) is 51.8. The summed E-state index contributed by atoms with van der Waals surface area (Å²) in [5.74, 6) is -1.73. The fraction of sp³-hybridized carbons (Fsp3) is 0.833. The summed E-state index contributed by atoms with van der Waals surface area (Å²) in [6, 6.07) is 0. The van der Waals surface area contributed by atoms with Gasteiger partial charge in [0.15, 0.2) is 6.10 Å². The molecule has 78 valence electrons. The smallest absolute Gasteiger partial charge is 0.335 e. The fourth-order valence-electron chi connectivity index (χ4n) is 0.668. The number of carboxylic acids is 1. The van der Waals surface area contributed by atoms with Gasteiger partial charge in [-0.3, -0.25) is 0 Å². The van der Waals surface area contributed by atoms with Crippen LogP contribution in [-0.2, 0) is 4.79 Å². The molecule has 4 atom stereocenters. The third kappa shape index (κ3) is 3.25. The van der Waals surface area contributed by atoms with Crippen molar-refractivity contribution in [3.05, 3.63) is 0 Å². The van der Waals surface area contributed by atoms with E-state index < -0.39 is 37.0 Å². The largest absolute Gasteiger partial charge is 0.479 e. The van der Waals surface area contributed by atoms with E-state index in [9.17, 15) is 4.79 Å². The van der Waals surface area contributed by atoms with Crippen molar-refractivity contribution in [2.24, 2.45) is 0 Å². The van der Waals surface area contributed by atoms with Gasteiger partial charge in [-0.1, -0.05) is 0 Å². The Hall–Kier alpha value is -0.730. The fourth-order valence-corrected chi connectivity index (χ4v) is 0.668. The van der Waals surface area contributed by atoms with Crippen LogP contribution in [0.25, 0.3) is 0 Å². The minimum Gasteiger partial charge on any atom is -0.479 e. The third-order valence-corrected chi connectivity index (χ3v) is 1.51. The summed E-state index contributed by atoms with van der Waals surface area (Å²) >= 11 is 0. The molecule has 0 aliphatic heterocycles. The Bertz CT molecular complexity index is 170. The van der Waals surface area contributed by atoms with Gasteiger partial charge in [0.05, 0.1) is 6.61 Å². The summed E-state index contributed by atoms with van der Waals surface area (Å²) in [7, 11) is 0. The van der Waals surface area contributed by atoms with E-state index in [0.29, 0.717) is 0 Å². The first-order valence-corrected chi connectivity index (χ1v) is 3.47. The molecule has 0 aliphatic rings.